The Kier molecular flexibility index (Phi) is 5.70. The molecule has 0 amide bonds. The summed E-state index contributed by atoms with van der Waals surface area (Å²) in [5.41, 5.74) is 9.40. The quantitative estimate of drug-likeness (QED) is 0.200. The van der Waals surface area contributed by atoms with Gasteiger partial charge in [-0.15, -0.1) is 11.3 Å². The van der Waals surface area contributed by atoms with E-state index in [0.717, 1.165) is 16.9 Å². The van der Waals surface area contributed by atoms with Crippen LogP contribution in [-0.2, 0) is 0 Å². The molecule has 198 valence electrons. The lowest BCUT2D eigenvalue weighted by molar-refractivity contribution is 1.11. The molecule has 0 aliphatic rings. The molecule has 0 spiro atoms. The van der Waals surface area contributed by atoms with Gasteiger partial charge in [-0.2, -0.15) is 0 Å². The zero-order chi connectivity index (χ0) is 28.2. The molecule has 8 rings (SSSR count). The fourth-order valence-electron chi connectivity index (χ4n) is 6.52. The lowest BCUT2D eigenvalue weighted by atomic mass is 9.97. The number of hydrogen-bond acceptors (Lipinski definition) is 1. The maximum absolute atomic E-state index is 4.28. The van der Waals surface area contributed by atoms with Crippen LogP contribution in [-0.4, -0.2) is 4.57 Å². The lowest BCUT2D eigenvalue weighted by Crippen LogP contribution is -1.97. The molecular formula is C40H27NS. The summed E-state index contributed by atoms with van der Waals surface area (Å²) in [6, 6.07) is 45.7. The van der Waals surface area contributed by atoms with Gasteiger partial charge in [-0.05, 0) is 45.8 Å². The van der Waals surface area contributed by atoms with Crippen LogP contribution in [0.5, 0.6) is 0 Å². The molecule has 0 aliphatic carbocycles. The first-order valence-corrected chi connectivity index (χ1v) is 15.0. The van der Waals surface area contributed by atoms with Gasteiger partial charge in [-0.25, -0.2) is 0 Å². The maximum atomic E-state index is 4.28. The molecule has 0 unspecified atom stereocenters. The van der Waals surface area contributed by atoms with Crippen LogP contribution in [0, 0.1) is 0 Å². The highest BCUT2D eigenvalue weighted by molar-refractivity contribution is 7.27. The van der Waals surface area contributed by atoms with E-state index in [-0.39, 0.29) is 0 Å². The smallest absolute Gasteiger partial charge is 0.0640 e. The minimum absolute atomic E-state index is 1.06. The molecule has 0 saturated heterocycles. The first kappa shape index (κ1) is 24.6. The van der Waals surface area contributed by atoms with E-state index in [0.29, 0.717) is 0 Å². The van der Waals surface area contributed by atoms with E-state index in [1.165, 1.54) is 64.1 Å². The Hall–Kier alpha value is -5.18. The van der Waals surface area contributed by atoms with Gasteiger partial charge < -0.3 is 4.57 Å². The monoisotopic (exact) mass is 553 g/mol. The van der Waals surface area contributed by atoms with Crippen LogP contribution >= 0.6 is 11.3 Å². The van der Waals surface area contributed by atoms with E-state index in [1.807, 2.05) is 23.5 Å². The molecule has 1 nitrogen and oxygen atoms in total. The van der Waals surface area contributed by atoms with Crippen molar-refractivity contribution in [2.24, 2.45) is 0 Å². The second kappa shape index (κ2) is 9.73. The highest BCUT2D eigenvalue weighted by atomic mass is 32.1. The Labute approximate surface area is 248 Å². The van der Waals surface area contributed by atoms with Crippen molar-refractivity contribution >= 4 is 65.3 Å². The van der Waals surface area contributed by atoms with Crippen molar-refractivity contribution in [2.45, 2.75) is 0 Å². The predicted octanol–water partition coefficient (Wildman–Crippen LogP) is 11.8. The molecule has 2 heteroatoms. The minimum Gasteiger partial charge on any atom is -0.309 e. The van der Waals surface area contributed by atoms with E-state index in [1.54, 1.807) is 0 Å². The summed E-state index contributed by atoms with van der Waals surface area (Å²) in [7, 11) is 0. The van der Waals surface area contributed by atoms with E-state index in [9.17, 15) is 0 Å². The topological polar surface area (TPSA) is 4.93 Å². The van der Waals surface area contributed by atoms with E-state index in [2.05, 4.69) is 145 Å². The summed E-state index contributed by atoms with van der Waals surface area (Å²) in [6.07, 6.45) is 3.98. The van der Waals surface area contributed by atoms with Gasteiger partial charge in [-0.1, -0.05) is 134 Å². The normalized spacial score (nSPS) is 11.5. The number of rotatable bonds is 5. The van der Waals surface area contributed by atoms with Gasteiger partial charge in [0.1, 0.15) is 0 Å². The lowest BCUT2D eigenvalue weighted by Gasteiger charge is -2.12. The summed E-state index contributed by atoms with van der Waals surface area (Å²) in [5.74, 6) is 0. The Balaban J connectivity index is 1.54. The van der Waals surface area contributed by atoms with Crippen molar-refractivity contribution < 1.29 is 0 Å². The second-order valence-electron chi connectivity index (χ2n) is 10.6. The highest BCUT2D eigenvalue weighted by Crippen LogP contribution is 2.49. The fraction of sp³-hybridized carbons (Fsp3) is 0. The second-order valence-corrected chi connectivity index (χ2v) is 11.6. The Morgan fingerprint density at radius 3 is 1.81 bits per heavy atom. The summed E-state index contributed by atoms with van der Waals surface area (Å²) >= 11 is 1.90. The summed E-state index contributed by atoms with van der Waals surface area (Å²) < 4.78 is 5.01. The third-order valence-electron chi connectivity index (χ3n) is 8.35. The molecule has 0 radical (unpaired) electrons. The van der Waals surface area contributed by atoms with Gasteiger partial charge in [0.15, 0.2) is 0 Å². The van der Waals surface area contributed by atoms with Crippen molar-refractivity contribution in [3.05, 3.63) is 152 Å². The molecule has 0 aliphatic heterocycles. The van der Waals surface area contributed by atoms with Crippen LogP contribution in [0.25, 0.3) is 81.9 Å². The largest absolute Gasteiger partial charge is 0.309 e. The van der Waals surface area contributed by atoms with Crippen molar-refractivity contribution in [1.82, 2.24) is 4.57 Å². The van der Waals surface area contributed by atoms with Gasteiger partial charge in [0.2, 0.25) is 0 Å². The number of fused-ring (bicyclic) bond motifs is 8. The third kappa shape index (κ3) is 3.56. The number of nitrogens with zero attached hydrogens (tertiary/aromatic N) is 1. The zero-order valence-corrected chi connectivity index (χ0v) is 23.9. The molecule has 2 aromatic heterocycles. The van der Waals surface area contributed by atoms with Gasteiger partial charge in [0.25, 0.3) is 0 Å². The summed E-state index contributed by atoms with van der Waals surface area (Å²) in [6.45, 7) is 8.57. The van der Waals surface area contributed by atoms with Crippen LogP contribution in [0.3, 0.4) is 0 Å². The summed E-state index contributed by atoms with van der Waals surface area (Å²) in [5, 5.41) is 6.30. The standard InChI is InChI=1S/C40H27NS/c1-3-30-35(4-2)41(29-24-22-27(23-25-29)26-14-7-5-8-15-26)38-36(30)32-18-11-12-19-33(32)40-37(38)34-21-13-20-31(39(34)42-40)28-16-9-6-10-17-28/h3-25H,1-2H2. The Bertz CT molecular complexity index is 2300. The molecule has 8 aromatic rings. The molecular weight excluding hydrogens is 527 g/mol. The van der Waals surface area contributed by atoms with Crippen molar-refractivity contribution in [3.8, 4) is 27.9 Å². The van der Waals surface area contributed by atoms with E-state index in [4.69, 9.17) is 0 Å². The average molecular weight is 554 g/mol. The van der Waals surface area contributed by atoms with Crippen LogP contribution < -0.4 is 0 Å². The van der Waals surface area contributed by atoms with Gasteiger partial charge in [0.05, 0.1) is 11.2 Å². The molecule has 0 saturated carbocycles. The number of hydrogen-bond donors (Lipinski definition) is 0. The van der Waals surface area contributed by atoms with Gasteiger partial charge in [-0.3, -0.25) is 0 Å². The van der Waals surface area contributed by atoms with Gasteiger partial charge >= 0.3 is 0 Å². The average Bonchev–Trinajstić information content (AvgIpc) is 3.62. The molecule has 0 atom stereocenters. The molecule has 0 N–H and O–H groups in total. The summed E-state index contributed by atoms with van der Waals surface area (Å²) in [4.78, 5) is 0. The molecule has 6 aromatic carbocycles. The molecule has 42 heavy (non-hydrogen) atoms. The molecule has 0 bridgehead atoms. The highest BCUT2D eigenvalue weighted by Gasteiger charge is 2.24. The Morgan fingerprint density at radius 2 is 1.12 bits per heavy atom. The van der Waals surface area contributed by atoms with Crippen molar-refractivity contribution in [2.75, 3.05) is 0 Å². The zero-order valence-electron chi connectivity index (χ0n) is 23.0. The maximum Gasteiger partial charge on any atom is 0.0640 e. The molecule has 0 fully saturated rings. The van der Waals surface area contributed by atoms with Crippen molar-refractivity contribution in [3.63, 3.8) is 0 Å². The number of thiophene rings is 1. The van der Waals surface area contributed by atoms with Crippen LogP contribution in [0.4, 0.5) is 0 Å². The van der Waals surface area contributed by atoms with E-state index >= 15 is 0 Å². The van der Waals surface area contributed by atoms with E-state index < -0.39 is 0 Å². The predicted molar refractivity (Wildman–Crippen MR) is 185 cm³/mol. The molecule has 2 heterocycles. The Morgan fingerprint density at radius 1 is 0.500 bits per heavy atom. The van der Waals surface area contributed by atoms with Crippen LogP contribution in [0.1, 0.15) is 11.3 Å². The number of benzene rings is 6. The number of aromatic nitrogens is 1. The first-order valence-electron chi connectivity index (χ1n) is 14.2. The minimum atomic E-state index is 1.06. The van der Waals surface area contributed by atoms with Crippen molar-refractivity contribution in [1.29, 1.82) is 0 Å². The van der Waals surface area contributed by atoms with Gasteiger partial charge in [0, 0.05) is 42.2 Å². The fourth-order valence-corrected chi connectivity index (χ4v) is 7.89. The first-order chi connectivity index (χ1) is 20.8. The third-order valence-corrected chi connectivity index (χ3v) is 9.63. The van der Waals surface area contributed by atoms with Crippen LogP contribution in [0.2, 0.25) is 0 Å². The van der Waals surface area contributed by atoms with Crippen LogP contribution in [0.15, 0.2) is 141 Å². The SMILES string of the molecule is C=Cc1c(C=C)n(-c2ccc(-c3ccccc3)cc2)c2c1c1ccccc1c1sc3c(-c4ccccc4)cccc3c12.